The molecule has 0 atom stereocenters. The van der Waals surface area contributed by atoms with E-state index in [0.717, 1.165) is 47.0 Å². The molecule has 0 fully saturated rings. The minimum absolute atomic E-state index is 0.568. The fourth-order valence-electron chi connectivity index (χ4n) is 3.23. The molecule has 134 valence electrons. The van der Waals surface area contributed by atoms with Gasteiger partial charge < -0.3 is 14.8 Å². The standard InChI is InChI=1S/C19H17Cl2N3O2/c1-25-14-3-4-15(17(10-14)26-2)18-16-5-6-22-19(16)24(23-18)13-8-11(20)7-12(21)9-13/h3-4,7-10,22H,5-6H2,1-2H3. The Morgan fingerprint density at radius 3 is 2.50 bits per heavy atom. The van der Waals surface area contributed by atoms with Crippen LogP contribution in [0.1, 0.15) is 5.56 Å². The van der Waals surface area contributed by atoms with E-state index in [1.165, 1.54) is 0 Å². The number of aromatic nitrogens is 2. The smallest absolute Gasteiger partial charge is 0.133 e. The summed E-state index contributed by atoms with van der Waals surface area (Å²) < 4.78 is 12.7. The summed E-state index contributed by atoms with van der Waals surface area (Å²) in [5.41, 5.74) is 3.75. The van der Waals surface area contributed by atoms with Gasteiger partial charge in [-0.3, -0.25) is 0 Å². The number of halogens is 2. The van der Waals surface area contributed by atoms with E-state index >= 15 is 0 Å². The van der Waals surface area contributed by atoms with Crippen molar-refractivity contribution in [3.63, 3.8) is 0 Å². The molecule has 2 aromatic carbocycles. The monoisotopic (exact) mass is 389 g/mol. The quantitative estimate of drug-likeness (QED) is 0.693. The largest absolute Gasteiger partial charge is 0.497 e. The minimum atomic E-state index is 0.568. The van der Waals surface area contributed by atoms with Crippen molar-refractivity contribution in [3.05, 3.63) is 52.0 Å². The van der Waals surface area contributed by atoms with Gasteiger partial charge in [0, 0.05) is 33.8 Å². The van der Waals surface area contributed by atoms with Crippen LogP contribution in [-0.4, -0.2) is 30.5 Å². The molecule has 0 amide bonds. The van der Waals surface area contributed by atoms with Crippen LogP contribution in [0.15, 0.2) is 36.4 Å². The second-order valence-electron chi connectivity index (χ2n) is 5.96. The molecule has 1 aromatic heterocycles. The molecule has 3 aromatic rings. The maximum Gasteiger partial charge on any atom is 0.133 e. The Kier molecular flexibility index (Phi) is 4.42. The van der Waals surface area contributed by atoms with Gasteiger partial charge >= 0.3 is 0 Å². The number of fused-ring (bicyclic) bond motifs is 1. The van der Waals surface area contributed by atoms with Gasteiger partial charge in [0.05, 0.1) is 19.9 Å². The van der Waals surface area contributed by atoms with Crippen LogP contribution in [0, 0.1) is 0 Å². The van der Waals surface area contributed by atoms with E-state index in [1.54, 1.807) is 20.3 Å². The molecular formula is C19H17Cl2N3O2. The second-order valence-corrected chi connectivity index (χ2v) is 6.83. The number of ether oxygens (including phenoxy) is 2. The number of nitrogens with one attached hydrogen (secondary N) is 1. The topological polar surface area (TPSA) is 48.3 Å². The minimum Gasteiger partial charge on any atom is -0.497 e. The van der Waals surface area contributed by atoms with Crippen molar-refractivity contribution in [1.82, 2.24) is 9.78 Å². The normalized spacial score (nSPS) is 12.6. The first kappa shape index (κ1) is 17.1. The number of anilines is 1. The van der Waals surface area contributed by atoms with E-state index in [-0.39, 0.29) is 0 Å². The van der Waals surface area contributed by atoms with E-state index in [9.17, 15) is 0 Å². The van der Waals surface area contributed by atoms with Gasteiger partial charge in [0.15, 0.2) is 0 Å². The Hall–Kier alpha value is -2.37. The van der Waals surface area contributed by atoms with Gasteiger partial charge in [0.25, 0.3) is 0 Å². The van der Waals surface area contributed by atoms with Crippen LogP contribution < -0.4 is 14.8 Å². The van der Waals surface area contributed by atoms with Crippen LogP contribution in [-0.2, 0) is 6.42 Å². The summed E-state index contributed by atoms with van der Waals surface area (Å²) in [5, 5.41) is 9.38. The van der Waals surface area contributed by atoms with Gasteiger partial charge in [-0.1, -0.05) is 23.2 Å². The predicted octanol–water partition coefficient (Wildman–Crippen LogP) is 4.83. The summed E-state index contributed by atoms with van der Waals surface area (Å²) in [7, 11) is 3.28. The van der Waals surface area contributed by atoms with E-state index in [4.69, 9.17) is 37.8 Å². The molecule has 0 spiro atoms. The Bertz CT molecular complexity index is 965. The lowest BCUT2D eigenvalue weighted by Crippen LogP contribution is -2.04. The highest BCUT2D eigenvalue weighted by atomic mass is 35.5. The van der Waals surface area contributed by atoms with Crippen molar-refractivity contribution in [2.45, 2.75) is 6.42 Å². The second kappa shape index (κ2) is 6.74. The number of benzene rings is 2. The fourth-order valence-corrected chi connectivity index (χ4v) is 3.75. The molecule has 7 heteroatoms. The van der Waals surface area contributed by atoms with Crippen LogP contribution >= 0.6 is 23.2 Å². The van der Waals surface area contributed by atoms with E-state index in [1.807, 2.05) is 35.0 Å². The van der Waals surface area contributed by atoms with Gasteiger partial charge in [-0.15, -0.1) is 0 Å². The number of rotatable bonds is 4. The number of nitrogens with zero attached hydrogens (tertiary/aromatic N) is 2. The van der Waals surface area contributed by atoms with Crippen molar-refractivity contribution < 1.29 is 9.47 Å². The first-order valence-electron chi connectivity index (χ1n) is 8.15. The van der Waals surface area contributed by atoms with Crippen LogP contribution in [0.2, 0.25) is 10.0 Å². The van der Waals surface area contributed by atoms with Gasteiger partial charge in [-0.25, -0.2) is 4.68 Å². The van der Waals surface area contributed by atoms with Gasteiger partial charge in [-0.2, -0.15) is 5.10 Å². The van der Waals surface area contributed by atoms with E-state index in [2.05, 4.69) is 5.32 Å². The van der Waals surface area contributed by atoms with Crippen molar-refractivity contribution in [1.29, 1.82) is 0 Å². The Balaban J connectivity index is 1.90. The van der Waals surface area contributed by atoms with E-state index in [0.29, 0.717) is 15.8 Å². The molecular weight excluding hydrogens is 373 g/mol. The van der Waals surface area contributed by atoms with Gasteiger partial charge in [-0.05, 0) is 36.8 Å². The molecule has 1 aliphatic rings. The first-order valence-corrected chi connectivity index (χ1v) is 8.91. The van der Waals surface area contributed by atoms with E-state index < -0.39 is 0 Å². The summed E-state index contributed by atoms with van der Waals surface area (Å²) in [6.45, 7) is 0.854. The third-order valence-corrected chi connectivity index (χ3v) is 4.84. The van der Waals surface area contributed by atoms with Crippen LogP contribution in [0.25, 0.3) is 16.9 Å². The van der Waals surface area contributed by atoms with Gasteiger partial charge in [0.2, 0.25) is 0 Å². The average molecular weight is 390 g/mol. The molecule has 5 nitrogen and oxygen atoms in total. The number of hydrogen-bond donors (Lipinski definition) is 1. The summed E-state index contributed by atoms with van der Waals surface area (Å²) in [6.07, 6.45) is 0.883. The third-order valence-electron chi connectivity index (χ3n) is 4.41. The summed E-state index contributed by atoms with van der Waals surface area (Å²) in [6, 6.07) is 11.1. The zero-order valence-electron chi connectivity index (χ0n) is 14.3. The summed E-state index contributed by atoms with van der Waals surface area (Å²) >= 11 is 12.4. The molecule has 2 heterocycles. The molecule has 0 aliphatic carbocycles. The molecule has 26 heavy (non-hydrogen) atoms. The highest BCUT2D eigenvalue weighted by Crippen LogP contribution is 2.40. The van der Waals surface area contributed by atoms with Crippen molar-refractivity contribution >= 4 is 29.0 Å². The Morgan fingerprint density at radius 1 is 1.04 bits per heavy atom. The number of methoxy groups -OCH3 is 2. The molecule has 0 unspecified atom stereocenters. The van der Waals surface area contributed by atoms with Crippen LogP contribution in [0.4, 0.5) is 5.82 Å². The van der Waals surface area contributed by atoms with Crippen molar-refractivity contribution in [3.8, 4) is 28.4 Å². The molecule has 1 N–H and O–H groups in total. The van der Waals surface area contributed by atoms with Gasteiger partial charge in [0.1, 0.15) is 23.0 Å². The lowest BCUT2D eigenvalue weighted by molar-refractivity contribution is 0.395. The third kappa shape index (κ3) is 2.87. The first-order chi connectivity index (χ1) is 12.6. The van der Waals surface area contributed by atoms with Crippen molar-refractivity contribution in [2.75, 3.05) is 26.1 Å². The summed E-state index contributed by atoms with van der Waals surface area (Å²) in [5.74, 6) is 2.41. The highest BCUT2D eigenvalue weighted by molar-refractivity contribution is 6.34. The fraction of sp³-hybridized carbons (Fsp3) is 0.211. The summed E-state index contributed by atoms with van der Waals surface area (Å²) in [4.78, 5) is 0. The lowest BCUT2D eigenvalue weighted by atomic mass is 10.1. The molecule has 0 bridgehead atoms. The highest BCUT2D eigenvalue weighted by Gasteiger charge is 2.26. The maximum atomic E-state index is 6.18. The van der Waals surface area contributed by atoms with Crippen LogP contribution in [0.5, 0.6) is 11.5 Å². The molecule has 0 saturated carbocycles. The Morgan fingerprint density at radius 2 is 1.81 bits per heavy atom. The zero-order chi connectivity index (χ0) is 18.3. The molecule has 0 saturated heterocycles. The SMILES string of the molecule is COc1ccc(-c2nn(-c3cc(Cl)cc(Cl)c3)c3c2CCN3)c(OC)c1. The molecule has 4 rings (SSSR count). The number of hydrogen-bond acceptors (Lipinski definition) is 4. The molecule has 0 radical (unpaired) electrons. The van der Waals surface area contributed by atoms with Crippen molar-refractivity contribution in [2.24, 2.45) is 0 Å². The predicted molar refractivity (Wildman–Crippen MR) is 104 cm³/mol. The lowest BCUT2D eigenvalue weighted by Gasteiger charge is -2.10. The van der Waals surface area contributed by atoms with Crippen LogP contribution in [0.3, 0.4) is 0 Å². The average Bonchev–Trinajstić information content (AvgIpc) is 3.22. The Labute approximate surface area is 161 Å². The maximum absolute atomic E-state index is 6.18. The molecule has 1 aliphatic heterocycles. The zero-order valence-corrected chi connectivity index (χ0v) is 15.9.